The van der Waals surface area contributed by atoms with Gasteiger partial charge in [0.05, 0.1) is 0 Å². The van der Waals surface area contributed by atoms with Crippen molar-refractivity contribution in [2.45, 2.75) is 51.7 Å². The van der Waals surface area contributed by atoms with Gasteiger partial charge < -0.3 is 10.6 Å². The van der Waals surface area contributed by atoms with E-state index < -0.39 is 0 Å². The lowest BCUT2D eigenvalue weighted by atomic mass is 9.87. The Labute approximate surface area is 183 Å². The largest absolute Gasteiger partial charge is 0.349 e. The Kier molecular flexibility index (Phi) is 6.47. The molecule has 160 valence electrons. The van der Waals surface area contributed by atoms with Gasteiger partial charge in [0.15, 0.2) is 0 Å². The summed E-state index contributed by atoms with van der Waals surface area (Å²) in [5, 5.41) is 6.66. The molecular weight excluding hydrogens is 387 g/mol. The number of aryl methyl sites for hydroxylation is 1. The van der Waals surface area contributed by atoms with Gasteiger partial charge in [0.1, 0.15) is 5.82 Å². The molecule has 0 radical (unpaired) electrons. The highest BCUT2D eigenvalue weighted by molar-refractivity contribution is 5.94. The van der Waals surface area contributed by atoms with Crippen LogP contribution in [-0.4, -0.2) is 18.0 Å². The Morgan fingerprint density at radius 3 is 2.32 bits per heavy atom. The fourth-order valence-electron chi connectivity index (χ4n) is 4.09. The van der Waals surface area contributed by atoms with Crippen molar-refractivity contribution in [3.05, 3.63) is 94.8 Å². The molecule has 0 saturated heterocycles. The molecule has 3 aromatic rings. The molecule has 2 N–H and O–H groups in total. The second-order valence-electron chi connectivity index (χ2n) is 8.64. The smallest absolute Gasteiger partial charge is 0.251 e. The lowest BCUT2D eigenvalue weighted by Crippen LogP contribution is -2.38. The zero-order chi connectivity index (χ0) is 21.8. The van der Waals surface area contributed by atoms with Crippen molar-refractivity contribution >= 4 is 5.91 Å². The number of rotatable bonds is 6. The predicted octanol–water partition coefficient (Wildman–Crippen LogP) is 5.28. The second kappa shape index (κ2) is 9.44. The first-order chi connectivity index (χ1) is 15.0. The summed E-state index contributed by atoms with van der Waals surface area (Å²) in [6.07, 6.45) is 2.80. The summed E-state index contributed by atoms with van der Waals surface area (Å²) < 4.78 is 13.1. The molecule has 3 nitrogen and oxygen atoms in total. The molecular formula is C27H29FN2O. The Balaban J connectivity index is 1.36. The minimum absolute atomic E-state index is 0.0446. The molecule has 1 unspecified atom stereocenters. The Bertz CT molecular complexity index is 1040. The van der Waals surface area contributed by atoms with Gasteiger partial charge in [-0.05, 0) is 71.3 Å². The van der Waals surface area contributed by atoms with Crippen LogP contribution in [0.25, 0.3) is 11.1 Å². The fourth-order valence-corrected chi connectivity index (χ4v) is 4.09. The van der Waals surface area contributed by atoms with E-state index in [-0.39, 0.29) is 17.8 Å². The summed E-state index contributed by atoms with van der Waals surface area (Å²) in [4.78, 5) is 12.8. The van der Waals surface area contributed by atoms with Crippen LogP contribution in [0.4, 0.5) is 4.39 Å². The molecule has 0 fully saturated rings. The third-order valence-electron chi connectivity index (χ3n) is 5.87. The van der Waals surface area contributed by atoms with E-state index in [1.54, 1.807) is 12.1 Å². The Morgan fingerprint density at radius 2 is 1.65 bits per heavy atom. The molecule has 1 amide bonds. The van der Waals surface area contributed by atoms with Crippen LogP contribution >= 0.6 is 0 Å². The highest BCUT2D eigenvalue weighted by Crippen LogP contribution is 2.24. The molecule has 4 rings (SSSR count). The third kappa shape index (κ3) is 5.39. The van der Waals surface area contributed by atoms with Crippen LogP contribution in [0.2, 0.25) is 0 Å². The van der Waals surface area contributed by atoms with Crippen molar-refractivity contribution in [2.24, 2.45) is 0 Å². The van der Waals surface area contributed by atoms with Gasteiger partial charge in [-0.1, -0.05) is 56.3 Å². The second-order valence-corrected chi connectivity index (χ2v) is 8.64. The molecule has 1 aliphatic carbocycles. The van der Waals surface area contributed by atoms with Crippen molar-refractivity contribution in [3.8, 4) is 11.1 Å². The average Bonchev–Trinajstić information content (AvgIpc) is 2.78. The maximum atomic E-state index is 13.1. The topological polar surface area (TPSA) is 41.1 Å². The van der Waals surface area contributed by atoms with Crippen LogP contribution in [0, 0.1) is 5.82 Å². The van der Waals surface area contributed by atoms with Crippen molar-refractivity contribution in [2.75, 3.05) is 0 Å². The first-order valence-electron chi connectivity index (χ1n) is 11.0. The standard InChI is InChI=1S/C27H29FN2O/c1-18(2)29-17-19-3-4-24-16-26(14-11-23(24)15-19)30-27(31)22-7-5-20(6-8-22)21-9-12-25(28)13-10-21/h3-10,12-13,15,18,26,29H,11,14,16-17H2,1-2H3,(H,30,31). The monoisotopic (exact) mass is 416 g/mol. The Morgan fingerprint density at radius 1 is 0.968 bits per heavy atom. The number of nitrogens with one attached hydrogen (secondary N) is 2. The van der Waals surface area contributed by atoms with Crippen LogP contribution in [0.5, 0.6) is 0 Å². The third-order valence-corrected chi connectivity index (χ3v) is 5.87. The minimum Gasteiger partial charge on any atom is -0.349 e. The normalized spacial score (nSPS) is 15.5. The molecule has 31 heavy (non-hydrogen) atoms. The van der Waals surface area contributed by atoms with Crippen molar-refractivity contribution in [3.63, 3.8) is 0 Å². The first-order valence-corrected chi connectivity index (χ1v) is 11.0. The summed E-state index contributed by atoms with van der Waals surface area (Å²) in [5.41, 5.74) is 6.59. The summed E-state index contributed by atoms with van der Waals surface area (Å²) in [7, 11) is 0. The molecule has 0 saturated carbocycles. The van der Waals surface area contributed by atoms with E-state index in [4.69, 9.17) is 0 Å². The highest BCUT2D eigenvalue weighted by atomic mass is 19.1. The molecule has 0 aliphatic heterocycles. The number of carbonyl (C=O) groups is 1. The van der Waals surface area contributed by atoms with Crippen LogP contribution < -0.4 is 10.6 Å². The van der Waals surface area contributed by atoms with Crippen LogP contribution in [0.15, 0.2) is 66.7 Å². The average molecular weight is 417 g/mol. The summed E-state index contributed by atoms with van der Waals surface area (Å²) in [5.74, 6) is -0.297. The lowest BCUT2D eigenvalue weighted by molar-refractivity contribution is 0.0933. The predicted molar refractivity (Wildman–Crippen MR) is 124 cm³/mol. The minimum atomic E-state index is -0.253. The number of benzene rings is 3. The van der Waals surface area contributed by atoms with E-state index in [9.17, 15) is 9.18 Å². The zero-order valence-corrected chi connectivity index (χ0v) is 18.1. The molecule has 1 atom stereocenters. The van der Waals surface area contributed by atoms with E-state index in [2.05, 4.69) is 42.7 Å². The fraction of sp³-hybridized carbons (Fsp3) is 0.296. The number of hydrogen-bond donors (Lipinski definition) is 2. The van der Waals surface area contributed by atoms with Gasteiger partial charge in [-0.3, -0.25) is 4.79 Å². The van der Waals surface area contributed by atoms with E-state index in [1.807, 2.05) is 24.3 Å². The maximum Gasteiger partial charge on any atom is 0.251 e. The molecule has 4 heteroatoms. The number of halogens is 1. The van der Waals surface area contributed by atoms with Gasteiger partial charge in [0.2, 0.25) is 0 Å². The van der Waals surface area contributed by atoms with Gasteiger partial charge in [-0.25, -0.2) is 4.39 Å². The van der Waals surface area contributed by atoms with Crippen molar-refractivity contribution in [1.29, 1.82) is 0 Å². The quantitative estimate of drug-likeness (QED) is 0.574. The molecule has 0 spiro atoms. The number of carbonyl (C=O) groups excluding carboxylic acids is 1. The summed E-state index contributed by atoms with van der Waals surface area (Å²) in [6, 6.07) is 21.2. The molecule has 0 heterocycles. The van der Waals surface area contributed by atoms with Gasteiger partial charge in [0, 0.05) is 24.2 Å². The van der Waals surface area contributed by atoms with Gasteiger partial charge in [0.25, 0.3) is 5.91 Å². The summed E-state index contributed by atoms with van der Waals surface area (Å²) in [6.45, 7) is 5.20. The number of fused-ring (bicyclic) bond motifs is 1. The Hall–Kier alpha value is -2.98. The van der Waals surface area contributed by atoms with Crippen molar-refractivity contribution in [1.82, 2.24) is 10.6 Å². The SMILES string of the molecule is CC(C)NCc1ccc2c(c1)CCC(NC(=O)c1ccc(-c3ccc(F)cc3)cc1)C2. The van der Waals surface area contributed by atoms with Gasteiger partial charge >= 0.3 is 0 Å². The number of amides is 1. The molecule has 1 aliphatic rings. The van der Waals surface area contributed by atoms with Crippen molar-refractivity contribution < 1.29 is 9.18 Å². The molecule has 0 bridgehead atoms. The zero-order valence-electron chi connectivity index (χ0n) is 18.1. The van der Waals surface area contributed by atoms with Crippen LogP contribution in [-0.2, 0) is 19.4 Å². The van der Waals surface area contributed by atoms with E-state index in [0.29, 0.717) is 11.6 Å². The lowest BCUT2D eigenvalue weighted by Gasteiger charge is -2.26. The first kappa shape index (κ1) is 21.3. The number of hydrogen-bond acceptors (Lipinski definition) is 2. The molecule has 0 aromatic heterocycles. The highest BCUT2D eigenvalue weighted by Gasteiger charge is 2.21. The van der Waals surface area contributed by atoms with Crippen LogP contribution in [0.1, 0.15) is 47.3 Å². The summed E-state index contributed by atoms with van der Waals surface area (Å²) >= 11 is 0. The van der Waals surface area contributed by atoms with E-state index in [0.717, 1.165) is 36.9 Å². The van der Waals surface area contributed by atoms with Gasteiger partial charge in [-0.2, -0.15) is 0 Å². The van der Waals surface area contributed by atoms with Gasteiger partial charge in [-0.15, -0.1) is 0 Å². The van der Waals surface area contributed by atoms with Crippen LogP contribution in [0.3, 0.4) is 0 Å². The van der Waals surface area contributed by atoms with E-state index >= 15 is 0 Å². The molecule has 3 aromatic carbocycles. The van der Waals surface area contributed by atoms with E-state index in [1.165, 1.54) is 28.8 Å². The maximum absolute atomic E-state index is 13.1.